The first-order valence-electron chi connectivity index (χ1n) is 5.55. The molecule has 0 amide bonds. The highest BCUT2D eigenvalue weighted by molar-refractivity contribution is 5.24. The molecule has 4 N–H and O–H groups in total. The Morgan fingerprint density at radius 2 is 1.75 bits per heavy atom. The van der Waals surface area contributed by atoms with E-state index in [4.69, 9.17) is 11.6 Å². The summed E-state index contributed by atoms with van der Waals surface area (Å²) in [5.41, 5.74) is 8.27. The number of nitrogens with zero attached hydrogens (tertiary/aromatic N) is 2. The van der Waals surface area contributed by atoms with E-state index in [2.05, 4.69) is 6.07 Å². The first-order chi connectivity index (χ1) is 7.52. The van der Waals surface area contributed by atoms with Gasteiger partial charge in [-0.05, 0) is 12.5 Å². The summed E-state index contributed by atoms with van der Waals surface area (Å²) in [5, 5.41) is 3.25. The summed E-state index contributed by atoms with van der Waals surface area (Å²) in [5.74, 6) is 5.59. The third kappa shape index (κ3) is 4.28. The van der Waals surface area contributed by atoms with Gasteiger partial charge in [-0.2, -0.15) is 5.12 Å². The number of hydrogen-bond acceptors (Lipinski definition) is 4. The fourth-order valence-corrected chi connectivity index (χ4v) is 1.27. The van der Waals surface area contributed by atoms with Crippen LogP contribution >= 0.6 is 0 Å². The van der Waals surface area contributed by atoms with Crippen molar-refractivity contribution < 1.29 is 0 Å². The SMILES string of the molecule is CC.Cc1cccc(C(N)N(C)N(C)N)c1. The van der Waals surface area contributed by atoms with E-state index in [1.807, 2.05) is 46.0 Å². The molecule has 0 aromatic heterocycles. The van der Waals surface area contributed by atoms with Crippen LogP contribution in [0.5, 0.6) is 0 Å². The van der Waals surface area contributed by atoms with Crippen LogP contribution in [-0.4, -0.2) is 24.2 Å². The number of hydrogen-bond donors (Lipinski definition) is 2. The molecule has 4 nitrogen and oxygen atoms in total. The second kappa shape index (κ2) is 7.35. The third-order valence-electron chi connectivity index (χ3n) is 2.28. The molecule has 1 aromatic carbocycles. The van der Waals surface area contributed by atoms with Gasteiger partial charge >= 0.3 is 0 Å². The summed E-state index contributed by atoms with van der Waals surface area (Å²) >= 11 is 0. The Labute approximate surface area is 98.8 Å². The molecule has 1 rings (SSSR count). The lowest BCUT2D eigenvalue weighted by Gasteiger charge is -2.29. The maximum absolute atomic E-state index is 6.01. The van der Waals surface area contributed by atoms with Crippen LogP contribution in [0.15, 0.2) is 24.3 Å². The zero-order valence-electron chi connectivity index (χ0n) is 10.9. The van der Waals surface area contributed by atoms with E-state index in [1.54, 1.807) is 12.1 Å². The molecule has 0 saturated heterocycles. The minimum Gasteiger partial charge on any atom is -0.311 e. The standard InChI is InChI=1S/C10H18N4.C2H6/c1-8-5-4-6-9(7-8)10(11)13(2)14(3)12;1-2/h4-7,10H,11-12H2,1-3H3;1-2H3. The maximum Gasteiger partial charge on any atom is 0.0979 e. The number of aryl methyl sites for hydroxylation is 1. The Kier molecular flexibility index (Phi) is 6.92. The van der Waals surface area contributed by atoms with Gasteiger partial charge in [0.1, 0.15) is 0 Å². The first-order valence-corrected chi connectivity index (χ1v) is 5.55. The van der Waals surface area contributed by atoms with Crippen LogP contribution in [-0.2, 0) is 0 Å². The lowest BCUT2D eigenvalue weighted by Crippen LogP contribution is -2.46. The van der Waals surface area contributed by atoms with Gasteiger partial charge in [-0.3, -0.25) is 5.84 Å². The van der Waals surface area contributed by atoms with Crippen LogP contribution in [0, 0.1) is 6.92 Å². The van der Waals surface area contributed by atoms with E-state index >= 15 is 0 Å². The van der Waals surface area contributed by atoms with Gasteiger partial charge in [0.2, 0.25) is 0 Å². The highest BCUT2D eigenvalue weighted by Gasteiger charge is 2.13. The van der Waals surface area contributed by atoms with Crippen LogP contribution in [0.4, 0.5) is 0 Å². The van der Waals surface area contributed by atoms with Crippen molar-refractivity contribution in [3.63, 3.8) is 0 Å². The third-order valence-corrected chi connectivity index (χ3v) is 2.28. The summed E-state index contributed by atoms with van der Waals surface area (Å²) in [6.45, 7) is 6.04. The van der Waals surface area contributed by atoms with E-state index < -0.39 is 0 Å². The predicted molar refractivity (Wildman–Crippen MR) is 69.2 cm³/mol. The highest BCUT2D eigenvalue weighted by Crippen LogP contribution is 2.14. The van der Waals surface area contributed by atoms with Crippen molar-refractivity contribution in [1.29, 1.82) is 0 Å². The normalized spacial score (nSPS) is 12.3. The molecule has 0 aliphatic heterocycles. The number of benzene rings is 1. The minimum atomic E-state index is -0.204. The average molecular weight is 224 g/mol. The quantitative estimate of drug-likeness (QED) is 0.465. The van der Waals surface area contributed by atoms with Crippen molar-refractivity contribution in [2.45, 2.75) is 26.9 Å². The first kappa shape index (κ1) is 15.1. The molecule has 0 radical (unpaired) electrons. The van der Waals surface area contributed by atoms with E-state index in [0.29, 0.717) is 0 Å². The summed E-state index contributed by atoms with van der Waals surface area (Å²) in [4.78, 5) is 0. The Bertz CT molecular complexity index is 299. The lowest BCUT2D eigenvalue weighted by molar-refractivity contribution is -0.0144. The van der Waals surface area contributed by atoms with Gasteiger partial charge in [0.25, 0.3) is 0 Å². The zero-order valence-corrected chi connectivity index (χ0v) is 10.9. The molecule has 92 valence electrons. The molecule has 1 aromatic rings. The van der Waals surface area contributed by atoms with Gasteiger partial charge in [0.15, 0.2) is 0 Å². The van der Waals surface area contributed by atoms with Crippen molar-refractivity contribution in [2.24, 2.45) is 11.6 Å². The molecule has 0 bridgehead atoms. The van der Waals surface area contributed by atoms with E-state index in [9.17, 15) is 0 Å². The fourth-order valence-electron chi connectivity index (χ4n) is 1.27. The minimum absolute atomic E-state index is 0.204. The van der Waals surface area contributed by atoms with Gasteiger partial charge in [0.05, 0.1) is 6.17 Å². The molecular formula is C12H24N4. The van der Waals surface area contributed by atoms with Gasteiger partial charge in [-0.15, -0.1) is 0 Å². The largest absolute Gasteiger partial charge is 0.311 e. The summed E-state index contributed by atoms with van der Waals surface area (Å²) in [6, 6.07) is 8.10. The average Bonchev–Trinajstić information content (AvgIpc) is 2.29. The Hall–Kier alpha value is -0.940. The van der Waals surface area contributed by atoms with Crippen LogP contribution in [0.25, 0.3) is 0 Å². The van der Waals surface area contributed by atoms with Crippen molar-refractivity contribution in [2.75, 3.05) is 14.1 Å². The molecule has 4 heteroatoms. The summed E-state index contributed by atoms with van der Waals surface area (Å²) in [7, 11) is 3.61. The number of nitrogens with two attached hydrogens (primary N) is 2. The van der Waals surface area contributed by atoms with Crippen LogP contribution in [0.1, 0.15) is 31.1 Å². The molecule has 0 aliphatic carbocycles. The van der Waals surface area contributed by atoms with E-state index in [0.717, 1.165) is 5.56 Å². The van der Waals surface area contributed by atoms with Crippen molar-refractivity contribution in [1.82, 2.24) is 10.1 Å². The molecule has 1 atom stereocenters. The Morgan fingerprint density at radius 1 is 1.19 bits per heavy atom. The molecule has 16 heavy (non-hydrogen) atoms. The number of rotatable bonds is 3. The fraction of sp³-hybridized carbons (Fsp3) is 0.500. The predicted octanol–water partition coefficient (Wildman–Crippen LogP) is 1.63. The van der Waals surface area contributed by atoms with Crippen LogP contribution in [0.3, 0.4) is 0 Å². The molecule has 0 spiro atoms. The van der Waals surface area contributed by atoms with Gasteiger partial charge in [-0.1, -0.05) is 43.7 Å². The monoisotopic (exact) mass is 224 g/mol. The number of hydrazine groups is 2. The summed E-state index contributed by atoms with van der Waals surface area (Å²) < 4.78 is 0. The van der Waals surface area contributed by atoms with E-state index in [1.165, 1.54) is 10.7 Å². The molecular weight excluding hydrogens is 200 g/mol. The Morgan fingerprint density at radius 3 is 2.19 bits per heavy atom. The van der Waals surface area contributed by atoms with E-state index in [-0.39, 0.29) is 6.17 Å². The van der Waals surface area contributed by atoms with Crippen molar-refractivity contribution in [3.05, 3.63) is 35.4 Å². The van der Waals surface area contributed by atoms with Crippen molar-refractivity contribution in [3.8, 4) is 0 Å². The van der Waals surface area contributed by atoms with Gasteiger partial charge < -0.3 is 5.73 Å². The van der Waals surface area contributed by atoms with Gasteiger partial charge in [-0.25, -0.2) is 5.01 Å². The molecule has 0 heterocycles. The van der Waals surface area contributed by atoms with Crippen LogP contribution < -0.4 is 11.6 Å². The van der Waals surface area contributed by atoms with Crippen molar-refractivity contribution >= 4 is 0 Å². The summed E-state index contributed by atoms with van der Waals surface area (Å²) in [6.07, 6.45) is -0.204. The smallest absolute Gasteiger partial charge is 0.0979 e. The molecule has 0 saturated carbocycles. The molecule has 1 unspecified atom stereocenters. The second-order valence-corrected chi connectivity index (χ2v) is 3.51. The molecule has 0 fully saturated rings. The zero-order chi connectivity index (χ0) is 12.7. The lowest BCUT2D eigenvalue weighted by atomic mass is 10.1. The van der Waals surface area contributed by atoms with Crippen LogP contribution in [0.2, 0.25) is 0 Å². The maximum atomic E-state index is 6.01. The molecule has 0 aliphatic rings. The Balaban J connectivity index is 0.00000106. The highest BCUT2D eigenvalue weighted by atomic mass is 15.7. The van der Waals surface area contributed by atoms with Gasteiger partial charge in [0, 0.05) is 14.1 Å². The topological polar surface area (TPSA) is 58.5 Å². The second-order valence-electron chi connectivity index (χ2n) is 3.51.